The van der Waals surface area contributed by atoms with Crippen LogP contribution in [0.2, 0.25) is 0 Å². The Labute approximate surface area is 175 Å². The van der Waals surface area contributed by atoms with Gasteiger partial charge >= 0.3 is 0 Å². The first-order chi connectivity index (χ1) is 14.0. The Morgan fingerprint density at radius 2 is 1.62 bits per heavy atom. The second-order valence-corrected chi connectivity index (χ2v) is 8.89. The zero-order chi connectivity index (χ0) is 20.8. The molecule has 1 unspecified atom stereocenters. The summed E-state index contributed by atoms with van der Waals surface area (Å²) < 4.78 is 0. The second-order valence-electron chi connectivity index (χ2n) is 8.89. The summed E-state index contributed by atoms with van der Waals surface area (Å²) in [5.41, 5.74) is 2.57. The maximum atomic E-state index is 12.8. The summed E-state index contributed by atoms with van der Waals surface area (Å²) in [7, 11) is 0. The highest BCUT2D eigenvalue weighted by Gasteiger charge is 2.31. The van der Waals surface area contributed by atoms with Gasteiger partial charge in [-0.2, -0.15) is 0 Å². The lowest BCUT2D eigenvalue weighted by atomic mass is 9.94. The van der Waals surface area contributed by atoms with Gasteiger partial charge in [-0.1, -0.05) is 45.0 Å². The fourth-order valence-corrected chi connectivity index (χ4v) is 4.58. The monoisotopic (exact) mass is 399 g/mol. The molecule has 2 aliphatic heterocycles. The van der Waals surface area contributed by atoms with Gasteiger partial charge in [0.1, 0.15) is 0 Å². The number of benzene rings is 1. The number of nitrogens with one attached hydrogen (secondary N) is 1. The summed E-state index contributed by atoms with van der Waals surface area (Å²) in [5.74, 6) is 0.959. The molecule has 29 heavy (non-hydrogen) atoms. The molecule has 0 bridgehead atoms. The van der Waals surface area contributed by atoms with Gasteiger partial charge in [-0.25, -0.2) is 0 Å². The van der Waals surface area contributed by atoms with Crippen LogP contribution in [0.25, 0.3) is 0 Å². The van der Waals surface area contributed by atoms with Crippen molar-refractivity contribution in [3.8, 4) is 0 Å². The van der Waals surface area contributed by atoms with Gasteiger partial charge in [-0.3, -0.25) is 9.59 Å². The van der Waals surface area contributed by atoms with Crippen LogP contribution in [0.3, 0.4) is 0 Å². The van der Waals surface area contributed by atoms with Crippen LogP contribution >= 0.6 is 0 Å². The van der Waals surface area contributed by atoms with Gasteiger partial charge in [-0.15, -0.1) is 0 Å². The molecule has 1 N–H and O–H groups in total. The molecule has 2 amide bonds. The van der Waals surface area contributed by atoms with Crippen molar-refractivity contribution >= 4 is 11.8 Å². The number of hydrogen-bond donors (Lipinski definition) is 1. The number of carbonyl (C=O) groups is 2. The van der Waals surface area contributed by atoms with Crippen LogP contribution < -0.4 is 5.32 Å². The zero-order valence-electron chi connectivity index (χ0n) is 18.3. The molecule has 0 radical (unpaired) electrons. The van der Waals surface area contributed by atoms with E-state index in [1.54, 1.807) is 0 Å². The summed E-state index contributed by atoms with van der Waals surface area (Å²) in [5, 5.41) is 3.48. The lowest BCUT2D eigenvalue weighted by Crippen LogP contribution is -2.46. The van der Waals surface area contributed by atoms with Gasteiger partial charge in [-0.05, 0) is 49.1 Å². The minimum absolute atomic E-state index is 0.102. The van der Waals surface area contributed by atoms with Crippen molar-refractivity contribution < 1.29 is 9.59 Å². The molecule has 5 nitrogen and oxygen atoms in total. The minimum Gasteiger partial charge on any atom is -0.342 e. The summed E-state index contributed by atoms with van der Waals surface area (Å²) >= 11 is 0. The molecule has 1 aromatic rings. The van der Waals surface area contributed by atoms with E-state index < -0.39 is 0 Å². The Morgan fingerprint density at radius 1 is 1.00 bits per heavy atom. The molecule has 0 aliphatic carbocycles. The zero-order valence-corrected chi connectivity index (χ0v) is 18.3. The quantitative estimate of drug-likeness (QED) is 0.765. The summed E-state index contributed by atoms with van der Waals surface area (Å²) in [6.45, 7) is 10.1. The minimum atomic E-state index is 0.102. The molecule has 1 atom stereocenters. The number of nitrogens with zero attached hydrogens (tertiary/aromatic N) is 2. The maximum Gasteiger partial charge on any atom is 0.236 e. The van der Waals surface area contributed by atoms with Gasteiger partial charge in [0.2, 0.25) is 11.8 Å². The standard InChI is InChI=1S/C24H37N3O2/c1-4-19-7-9-20(10-8-19)23(18(2)3)25-17-22(28)26-15-11-21(12-16-26)24(29)27-13-5-6-14-27/h7-10,18,21,23,25H,4-6,11-17H2,1-3H3. The van der Waals surface area contributed by atoms with Gasteiger partial charge in [0.05, 0.1) is 6.54 Å². The number of hydrogen-bond acceptors (Lipinski definition) is 3. The molecule has 3 rings (SSSR count). The fraction of sp³-hybridized carbons (Fsp3) is 0.667. The number of rotatable bonds is 7. The molecule has 0 spiro atoms. The van der Waals surface area contributed by atoms with Gasteiger partial charge < -0.3 is 15.1 Å². The predicted octanol–water partition coefficient (Wildman–Crippen LogP) is 3.40. The van der Waals surface area contributed by atoms with Crippen molar-refractivity contribution in [1.29, 1.82) is 0 Å². The Morgan fingerprint density at radius 3 is 2.17 bits per heavy atom. The van der Waals surface area contributed by atoms with E-state index in [0.29, 0.717) is 31.5 Å². The van der Waals surface area contributed by atoms with E-state index >= 15 is 0 Å². The number of likely N-dealkylation sites (tertiary alicyclic amines) is 2. The number of carbonyl (C=O) groups excluding carboxylic acids is 2. The SMILES string of the molecule is CCc1ccc(C(NCC(=O)N2CCC(C(=O)N3CCCC3)CC2)C(C)C)cc1. The highest BCUT2D eigenvalue weighted by molar-refractivity contribution is 5.81. The van der Waals surface area contributed by atoms with Crippen LogP contribution in [0.5, 0.6) is 0 Å². The van der Waals surface area contributed by atoms with E-state index in [9.17, 15) is 9.59 Å². The first-order valence-electron chi connectivity index (χ1n) is 11.4. The lowest BCUT2D eigenvalue weighted by Gasteiger charge is -2.34. The van der Waals surface area contributed by atoms with Crippen molar-refractivity contribution in [3.05, 3.63) is 35.4 Å². The smallest absolute Gasteiger partial charge is 0.236 e. The van der Waals surface area contributed by atoms with Crippen molar-refractivity contribution in [2.45, 2.75) is 58.9 Å². The molecule has 5 heteroatoms. The largest absolute Gasteiger partial charge is 0.342 e. The van der Waals surface area contributed by atoms with Gasteiger partial charge in [0.15, 0.2) is 0 Å². The molecule has 2 aliphatic rings. The first kappa shape index (κ1) is 21.8. The third-order valence-electron chi connectivity index (χ3n) is 6.50. The average molecular weight is 400 g/mol. The molecule has 2 heterocycles. The van der Waals surface area contributed by atoms with E-state index in [4.69, 9.17) is 0 Å². The van der Waals surface area contributed by atoms with Gasteiger partial charge in [0, 0.05) is 38.1 Å². The molecule has 0 saturated carbocycles. The maximum absolute atomic E-state index is 12.8. The summed E-state index contributed by atoms with van der Waals surface area (Å²) in [4.78, 5) is 29.3. The lowest BCUT2D eigenvalue weighted by molar-refractivity contribution is -0.139. The third kappa shape index (κ3) is 5.59. The van der Waals surface area contributed by atoms with Crippen LogP contribution in [0.15, 0.2) is 24.3 Å². The number of piperidine rings is 1. The van der Waals surface area contributed by atoms with E-state index in [1.165, 1.54) is 11.1 Å². The molecule has 2 saturated heterocycles. The van der Waals surface area contributed by atoms with E-state index in [0.717, 1.165) is 45.2 Å². The first-order valence-corrected chi connectivity index (χ1v) is 11.4. The molecular formula is C24H37N3O2. The van der Waals surface area contributed by atoms with Crippen molar-refractivity contribution in [2.75, 3.05) is 32.7 Å². The Bertz CT molecular complexity index is 672. The number of amides is 2. The Hall–Kier alpha value is -1.88. The van der Waals surface area contributed by atoms with Crippen LogP contribution in [-0.2, 0) is 16.0 Å². The molecule has 2 fully saturated rings. The van der Waals surface area contributed by atoms with E-state index in [2.05, 4.69) is 50.4 Å². The Balaban J connectivity index is 1.48. The van der Waals surface area contributed by atoms with Crippen LogP contribution in [0.4, 0.5) is 0 Å². The molecular weight excluding hydrogens is 362 g/mol. The van der Waals surface area contributed by atoms with Gasteiger partial charge in [0.25, 0.3) is 0 Å². The van der Waals surface area contributed by atoms with Crippen LogP contribution in [0, 0.1) is 11.8 Å². The van der Waals surface area contributed by atoms with Crippen molar-refractivity contribution in [3.63, 3.8) is 0 Å². The van der Waals surface area contributed by atoms with Crippen molar-refractivity contribution in [1.82, 2.24) is 15.1 Å². The van der Waals surface area contributed by atoms with E-state index in [-0.39, 0.29) is 17.9 Å². The summed E-state index contributed by atoms with van der Waals surface area (Å²) in [6.07, 6.45) is 4.90. The molecule has 0 aromatic heterocycles. The fourth-order valence-electron chi connectivity index (χ4n) is 4.58. The normalized spacial score (nSPS) is 19.0. The number of aryl methyl sites for hydroxylation is 1. The van der Waals surface area contributed by atoms with Crippen LogP contribution in [0.1, 0.15) is 63.6 Å². The Kier molecular flexibility index (Phi) is 7.70. The molecule has 160 valence electrons. The molecule has 1 aromatic carbocycles. The average Bonchev–Trinajstić information content (AvgIpc) is 3.28. The highest BCUT2D eigenvalue weighted by atomic mass is 16.2. The predicted molar refractivity (Wildman–Crippen MR) is 117 cm³/mol. The third-order valence-corrected chi connectivity index (χ3v) is 6.50. The second kappa shape index (κ2) is 10.2. The van der Waals surface area contributed by atoms with Crippen LogP contribution in [-0.4, -0.2) is 54.3 Å². The van der Waals surface area contributed by atoms with Crippen molar-refractivity contribution in [2.24, 2.45) is 11.8 Å². The summed E-state index contributed by atoms with van der Waals surface area (Å²) in [6, 6.07) is 8.87. The topological polar surface area (TPSA) is 52.7 Å². The van der Waals surface area contributed by atoms with E-state index in [1.807, 2.05) is 9.80 Å². The highest BCUT2D eigenvalue weighted by Crippen LogP contribution is 2.24.